The van der Waals surface area contributed by atoms with Crippen molar-refractivity contribution in [1.29, 1.82) is 0 Å². The molecule has 7 heteroatoms. The molecular formula is C11H17F2N3O2. The van der Waals surface area contributed by atoms with Crippen molar-refractivity contribution < 1.29 is 18.6 Å². The fraction of sp³-hybridized carbons (Fsp3) is 0.727. The van der Waals surface area contributed by atoms with Crippen molar-refractivity contribution in [2.45, 2.75) is 32.2 Å². The first-order valence-corrected chi connectivity index (χ1v) is 5.88. The average molecular weight is 261 g/mol. The Balaban J connectivity index is 2.02. The Morgan fingerprint density at radius 2 is 2.33 bits per heavy atom. The number of aromatic nitrogens is 2. The average Bonchev–Trinajstić information content (AvgIpc) is 2.76. The number of ether oxygens (including phenoxy) is 1. The third-order valence-corrected chi connectivity index (χ3v) is 2.93. The van der Waals surface area contributed by atoms with Crippen molar-refractivity contribution in [2.75, 3.05) is 19.7 Å². The Morgan fingerprint density at radius 1 is 1.56 bits per heavy atom. The molecule has 0 bridgehead atoms. The third kappa shape index (κ3) is 3.04. The van der Waals surface area contributed by atoms with E-state index in [9.17, 15) is 8.78 Å². The molecule has 1 aromatic heterocycles. The molecule has 0 radical (unpaired) electrons. The molecule has 0 spiro atoms. The third-order valence-electron chi connectivity index (χ3n) is 2.93. The second-order valence-corrected chi connectivity index (χ2v) is 4.47. The molecule has 0 aliphatic carbocycles. The highest BCUT2D eigenvalue weighted by atomic mass is 19.3. The molecule has 1 saturated heterocycles. The Labute approximate surface area is 104 Å². The van der Waals surface area contributed by atoms with Crippen LogP contribution in [0.15, 0.2) is 12.4 Å². The van der Waals surface area contributed by atoms with Gasteiger partial charge in [0.25, 0.3) is 0 Å². The fourth-order valence-corrected chi connectivity index (χ4v) is 2.21. The van der Waals surface area contributed by atoms with Crippen molar-refractivity contribution in [3.63, 3.8) is 0 Å². The van der Waals surface area contributed by atoms with Crippen molar-refractivity contribution in [3.8, 4) is 0 Å². The van der Waals surface area contributed by atoms with Gasteiger partial charge in [-0.25, -0.2) is 4.98 Å². The van der Waals surface area contributed by atoms with E-state index in [2.05, 4.69) is 4.98 Å². The minimum atomic E-state index is -2.57. The zero-order valence-corrected chi connectivity index (χ0v) is 10.2. The summed E-state index contributed by atoms with van der Waals surface area (Å²) in [6.07, 6.45) is 2.36. The number of aliphatic hydroxyl groups excluding tert-OH is 1. The number of nitrogens with zero attached hydrogens (tertiary/aromatic N) is 3. The van der Waals surface area contributed by atoms with Gasteiger partial charge in [0, 0.05) is 25.5 Å². The minimum Gasteiger partial charge on any atom is -0.394 e. The number of hydrogen-bond acceptors (Lipinski definition) is 4. The van der Waals surface area contributed by atoms with E-state index in [1.54, 1.807) is 0 Å². The van der Waals surface area contributed by atoms with Crippen molar-refractivity contribution in [1.82, 2.24) is 14.5 Å². The Bertz CT molecular complexity index is 386. The second kappa shape index (κ2) is 5.73. The van der Waals surface area contributed by atoms with Gasteiger partial charge in [-0.05, 0) is 6.92 Å². The van der Waals surface area contributed by atoms with Crippen LogP contribution in [0.4, 0.5) is 8.78 Å². The first-order chi connectivity index (χ1) is 8.60. The first-order valence-electron chi connectivity index (χ1n) is 5.88. The molecule has 2 unspecified atom stereocenters. The molecule has 1 aromatic rings. The number of hydrogen-bond donors (Lipinski definition) is 1. The molecule has 0 saturated carbocycles. The summed E-state index contributed by atoms with van der Waals surface area (Å²) in [5.74, 6) is 0.329. The van der Waals surface area contributed by atoms with Crippen LogP contribution in [-0.2, 0) is 11.3 Å². The molecule has 18 heavy (non-hydrogen) atoms. The standard InChI is InChI=1S/C11H17F2N3O2/c1-8-4-15(5-9(7-17)18-8)6-10-14-2-3-16(10)11(12)13/h2-3,8-9,11,17H,4-7H2,1H3. The van der Waals surface area contributed by atoms with Crippen molar-refractivity contribution in [2.24, 2.45) is 0 Å². The zero-order valence-electron chi connectivity index (χ0n) is 10.2. The molecule has 0 aromatic carbocycles. The fourth-order valence-electron chi connectivity index (χ4n) is 2.21. The molecule has 1 fully saturated rings. The van der Waals surface area contributed by atoms with E-state index >= 15 is 0 Å². The maximum absolute atomic E-state index is 12.7. The van der Waals surface area contributed by atoms with Gasteiger partial charge in [0.1, 0.15) is 5.82 Å². The minimum absolute atomic E-state index is 0.0223. The molecule has 0 amide bonds. The smallest absolute Gasteiger partial charge is 0.319 e. The molecular weight excluding hydrogens is 244 g/mol. The van der Waals surface area contributed by atoms with E-state index in [1.807, 2.05) is 11.8 Å². The number of rotatable bonds is 4. The van der Waals surface area contributed by atoms with Crippen LogP contribution in [0.5, 0.6) is 0 Å². The summed E-state index contributed by atoms with van der Waals surface area (Å²) in [4.78, 5) is 5.91. The SMILES string of the molecule is CC1CN(Cc2nccn2C(F)F)CC(CO)O1. The van der Waals surface area contributed by atoms with Crippen LogP contribution in [0.1, 0.15) is 19.3 Å². The molecule has 2 rings (SSSR count). The number of morpholine rings is 1. The van der Waals surface area contributed by atoms with E-state index in [4.69, 9.17) is 9.84 Å². The molecule has 5 nitrogen and oxygen atoms in total. The van der Waals surface area contributed by atoms with Gasteiger partial charge in [-0.2, -0.15) is 8.78 Å². The zero-order chi connectivity index (χ0) is 13.1. The number of halogens is 2. The van der Waals surface area contributed by atoms with Gasteiger partial charge in [0.15, 0.2) is 0 Å². The van der Waals surface area contributed by atoms with Crippen LogP contribution >= 0.6 is 0 Å². The van der Waals surface area contributed by atoms with Crippen LogP contribution in [0.2, 0.25) is 0 Å². The summed E-state index contributed by atoms with van der Waals surface area (Å²) in [7, 11) is 0. The van der Waals surface area contributed by atoms with Gasteiger partial charge in [0.2, 0.25) is 0 Å². The maximum Gasteiger partial charge on any atom is 0.319 e. The largest absolute Gasteiger partial charge is 0.394 e. The molecule has 1 aliphatic heterocycles. The van der Waals surface area contributed by atoms with Gasteiger partial charge in [-0.1, -0.05) is 0 Å². The highest BCUT2D eigenvalue weighted by Crippen LogP contribution is 2.17. The summed E-state index contributed by atoms with van der Waals surface area (Å²) < 4.78 is 31.7. The number of alkyl halides is 2. The Kier molecular flexibility index (Phi) is 4.26. The van der Waals surface area contributed by atoms with Crippen LogP contribution in [-0.4, -0.2) is 51.5 Å². The van der Waals surface area contributed by atoms with Gasteiger partial charge < -0.3 is 9.84 Å². The number of aliphatic hydroxyl groups is 1. The van der Waals surface area contributed by atoms with Crippen molar-refractivity contribution in [3.05, 3.63) is 18.2 Å². The lowest BCUT2D eigenvalue weighted by Gasteiger charge is -2.35. The van der Waals surface area contributed by atoms with Crippen molar-refractivity contribution >= 4 is 0 Å². The summed E-state index contributed by atoms with van der Waals surface area (Å²) >= 11 is 0. The lowest BCUT2D eigenvalue weighted by molar-refractivity contribution is -0.0983. The monoisotopic (exact) mass is 261 g/mol. The summed E-state index contributed by atoms with van der Waals surface area (Å²) in [5.41, 5.74) is 0. The van der Waals surface area contributed by atoms with E-state index in [-0.39, 0.29) is 18.8 Å². The normalized spacial score (nSPS) is 25.8. The van der Waals surface area contributed by atoms with Gasteiger partial charge in [0.05, 0.1) is 25.4 Å². The first kappa shape index (κ1) is 13.4. The van der Waals surface area contributed by atoms with E-state index < -0.39 is 6.55 Å². The highest BCUT2D eigenvalue weighted by Gasteiger charge is 2.26. The van der Waals surface area contributed by atoms with E-state index in [0.29, 0.717) is 25.5 Å². The summed E-state index contributed by atoms with van der Waals surface area (Å²) in [5, 5.41) is 9.10. The second-order valence-electron chi connectivity index (χ2n) is 4.47. The molecule has 2 heterocycles. The van der Waals surface area contributed by atoms with Crippen LogP contribution in [0.3, 0.4) is 0 Å². The van der Waals surface area contributed by atoms with E-state index in [1.165, 1.54) is 12.4 Å². The van der Waals surface area contributed by atoms with E-state index in [0.717, 1.165) is 4.57 Å². The predicted octanol–water partition coefficient (Wildman–Crippen LogP) is 0.860. The number of imidazole rings is 1. The molecule has 1 aliphatic rings. The molecule has 102 valence electrons. The quantitative estimate of drug-likeness (QED) is 0.873. The van der Waals surface area contributed by atoms with Crippen LogP contribution in [0.25, 0.3) is 0 Å². The molecule has 2 atom stereocenters. The Morgan fingerprint density at radius 3 is 3.00 bits per heavy atom. The van der Waals surface area contributed by atoms with Crippen LogP contribution in [0, 0.1) is 0 Å². The van der Waals surface area contributed by atoms with Crippen LogP contribution < -0.4 is 0 Å². The van der Waals surface area contributed by atoms with Gasteiger partial charge in [-0.15, -0.1) is 0 Å². The van der Waals surface area contributed by atoms with Gasteiger partial charge in [-0.3, -0.25) is 9.47 Å². The maximum atomic E-state index is 12.7. The highest BCUT2D eigenvalue weighted by molar-refractivity contribution is 4.94. The molecule has 1 N–H and O–H groups in total. The summed E-state index contributed by atoms with van der Waals surface area (Å²) in [6.45, 7) is 0.762. The summed E-state index contributed by atoms with van der Waals surface area (Å²) in [6, 6.07) is 0. The van der Waals surface area contributed by atoms with Gasteiger partial charge >= 0.3 is 6.55 Å². The predicted molar refractivity (Wildman–Crippen MR) is 60.2 cm³/mol. The lowest BCUT2D eigenvalue weighted by atomic mass is 10.2. The Hall–Kier alpha value is -1.05. The topological polar surface area (TPSA) is 50.5 Å². The lowest BCUT2D eigenvalue weighted by Crippen LogP contribution is -2.47.